The Labute approximate surface area is 98.1 Å². The highest BCUT2D eigenvalue weighted by atomic mass is 16.4. The van der Waals surface area contributed by atoms with Gasteiger partial charge in [0.15, 0.2) is 0 Å². The van der Waals surface area contributed by atoms with E-state index in [2.05, 4.69) is 4.98 Å². The second-order valence-electron chi connectivity index (χ2n) is 3.96. The Bertz CT molecular complexity index is 444. The summed E-state index contributed by atoms with van der Waals surface area (Å²) in [4.78, 5) is 27.6. The Morgan fingerprint density at radius 1 is 1.47 bits per heavy atom. The summed E-state index contributed by atoms with van der Waals surface area (Å²) in [7, 11) is 0. The van der Waals surface area contributed by atoms with Crippen molar-refractivity contribution in [3.63, 3.8) is 0 Å². The first-order valence-corrected chi connectivity index (χ1v) is 5.35. The van der Waals surface area contributed by atoms with E-state index in [4.69, 9.17) is 10.8 Å². The quantitative estimate of drug-likeness (QED) is 0.781. The molecule has 1 amide bonds. The predicted molar refractivity (Wildman–Crippen MR) is 60.8 cm³/mol. The van der Waals surface area contributed by atoms with Gasteiger partial charge in [0.25, 0.3) is 0 Å². The Kier molecular flexibility index (Phi) is 2.95. The maximum Gasteiger partial charge on any atom is 0.354 e. The maximum absolute atomic E-state index is 11.2. The Hall–Kier alpha value is -2.11. The third-order valence-electron chi connectivity index (χ3n) is 2.88. The third-order valence-corrected chi connectivity index (χ3v) is 2.88. The number of carboxylic acid groups (broad SMARTS) is 1. The molecule has 1 fully saturated rings. The van der Waals surface area contributed by atoms with Crippen LogP contribution in [-0.2, 0) is 4.79 Å². The molecular weight excluding hydrogens is 222 g/mol. The predicted octanol–water partition coefficient (Wildman–Crippen LogP) is 0.234. The molecule has 6 nitrogen and oxygen atoms in total. The monoisotopic (exact) mass is 235 g/mol. The molecule has 0 bridgehead atoms. The van der Waals surface area contributed by atoms with Crippen molar-refractivity contribution in [3.05, 3.63) is 24.0 Å². The van der Waals surface area contributed by atoms with Crippen LogP contribution in [0.2, 0.25) is 0 Å². The molecule has 1 aliphatic rings. The second-order valence-corrected chi connectivity index (χ2v) is 3.96. The van der Waals surface area contributed by atoms with Gasteiger partial charge in [-0.2, -0.15) is 0 Å². The summed E-state index contributed by atoms with van der Waals surface area (Å²) >= 11 is 0. The number of anilines is 1. The fraction of sp³-hybridized carbons (Fsp3) is 0.364. The number of hydrogen-bond donors (Lipinski definition) is 2. The summed E-state index contributed by atoms with van der Waals surface area (Å²) in [6, 6.07) is 2.76. The summed E-state index contributed by atoms with van der Waals surface area (Å²) < 4.78 is 0. The fourth-order valence-electron chi connectivity index (χ4n) is 2.05. The zero-order chi connectivity index (χ0) is 12.4. The van der Waals surface area contributed by atoms with Gasteiger partial charge in [-0.05, 0) is 25.0 Å². The minimum Gasteiger partial charge on any atom is -0.477 e. The van der Waals surface area contributed by atoms with Crippen molar-refractivity contribution in [2.75, 3.05) is 11.4 Å². The molecule has 3 N–H and O–H groups in total. The number of primary amides is 1. The van der Waals surface area contributed by atoms with E-state index < -0.39 is 5.97 Å². The molecular formula is C11H13N3O3. The Balaban J connectivity index is 2.22. The number of carboxylic acids is 1. The van der Waals surface area contributed by atoms with Crippen molar-refractivity contribution in [2.24, 2.45) is 5.73 Å². The molecule has 1 unspecified atom stereocenters. The number of aromatic carboxylic acids is 1. The van der Waals surface area contributed by atoms with E-state index in [1.807, 2.05) is 4.90 Å². The molecule has 1 aliphatic heterocycles. The SMILES string of the molecule is NC(=O)C1CCCN1c1ccc(C(=O)O)nc1. The molecule has 0 spiro atoms. The molecule has 1 aromatic heterocycles. The molecule has 0 aliphatic carbocycles. The van der Waals surface area contributed by atoms with Gasteiger partial charge in [0.05, 0.1) is 11.9 Å². The number of carbonyl (C=O) groups excluding carboxylic acids is 1. The zero-order valence-corrected chi connectivity index (χ0v) is 9.17. The molecule has 1 atom stereocenters. The van der Waals surface area contributed by atoms with Gasteiger partial charge in [-0.1, -0.05) is 0 Å². The van der Waals surface area contributed by atoms with Gasteiger partial charge in [0.2, 0.25) is 5.91 Å². The van der Waals surface area contributed by atoms with Gasteiger partial charge in [-0.25, -0.2) is 9.78 Å². The first kappa shape index (κ1) is 11.4. The lowest BCUT2D eigenvalue weighted by atomic mass is 10.2. The van der Waals surface area contributed by atoms with E-state index in [9.17, 15) is 9.59 Å². The number of hydrogen-bond acceptors (Lipinski definition) is 4. The van der Waals surface area contributed by atoms with Crippen LogP contribution in [0.4, 0.5) is 5.69 Å². The average Bonchev–Trinajstić information content (AvgIpc) is 2.78. The van der Waals surface area contributed by atoms with Crippen LogP contribution in [0.3, 0.4) is 0 Å². The van der Waals surface area contributed by atoms with Gasteiger partial charge in [-0.3, -0.25) is 4.79 Å². The lowest BCUT2D eigenvalue weighted by molar-refractivity contribution is -0.119. The normalized spacial score (nSPS) is 19.3. The van der Waals surface area contributed by atoms with Crippen molar-refractivity contribution >= 4 is 17.6 Å². The molecule has 6 heteroatoms. The third kappa shape index (κ3) is 2.20. The highest BCUT2D eigenvalue weighted by Gasteiger charge is 2.29. The fourth-order valence-corrected chi connectivity index (χ4v) is 2.05. The maximum atomic E-state index is 11.2. The minimum atomic E-state index is -1.07. The first-order chi connectivity index (χ1) is 8.09. The average molecular weight is 235 g/mol. The van der Waals surface area contributed by atoms with E-state index in [1.165, 1.54) is 12.3 Å². The van der Waals surface area contributed by atoms with Gasteiger partial charge in [0.1, 0.15) is 11.7 Å². The molecule has 0 radical (unpaired) electrons. The van der Waals surface area contributed by atoms with Crippen molar-refractivity contribution in [2.45, 2.75) is 18.9 Å². The van der Waals surface area contributed by atoms with E-state index in [1.54, 1.807) is 6.07 Å². The second kappa shape index (κ2) is 4.40. The van der Waals surface area contributed by atoms with Crippen molar-refractivity contribution in [3.8, 4) is 0 Å². The van der Waals surface area contributed by atoms with E-state index in [0.717, 1.165) is 25.1 Å². The number of nitrogens with zero attached hydrogens (tertiary/aromatic N) is 2. The highest BCUT2D eigenvalue weighted by Crippen LogP contribution is 2.24. The number of nitrogens with two attached hydrogens (primary N) is 1. The van der Waals surface area contributed by atoms with Crippen LogP contribution in [0.5, 0.6) is 0 Å². The molecule has 1 saturated heterocycles. The Morgan fingerprint density at radius 3 is 2.76 bits per heavy atom. The van der Waals surface area contributed by atoms with Crippen molar-refractivity contribution in [1.82, 2.24) is 4.98 Å². The van der Waals surface area contributed by atoms with Gasteiger partial charge >= 0.3 is 5.97 Å². The molecule has 2 heterocycles. The smallest absolute Gasteiger partial charge is 0.354 e. The van der Waals surface area contributed by atoms with Gasteiger partial charge in [0, 0.05) is 6.54 Å². The largest absolute Gasteiger partial charge is 0.477 e. The van der Waals surface area contributed by atoms with Crippen molar-refractivity contribution in [1.29, 1.82) is 0 Å². The van der Waals surface area contributed by atoms with E-state index >= 15 is 0 Å². The number of pyridine rings is 1. The van der Waals surface area contributed by atoms with Crippen LogP contribution >= 0.6 is 0 Å². The summed E-state index contributed by atoms with van der Waals surface area (Å²) in [5.74, 6) is -1.42. The lowest BCUT2D eigenvalue weighted by Crippen LogP contribution is -2.40. The number of carbonyl (C=O) groups is 2. The van der Waals surface area contributed by atoms with Crippen LogP contribution in [0.1, 0.15) is 23.3 Å². The topological polar surface area (TPSA) is 96.5 Å². The summed E-state index contributed by atoms with van der Waals surface area (Å²) in [5.41, 5.74) is 6.03. The molecule has 0 aromatic carbocycles. The molecule has 2 rings (SSSR count). The molecule has 0 saturated carbocycles. The zero-order valence-electron chi connectivity index (χ0n) is 9.17. The summed E-state index contributed by atoms with van der Waals surface area (Å²) in [6.07, 6.45) is 3.09. The minimum absolute atomic E-state index is 0.0106. The summed E-state index contributed by atoms with van der Waals surface area (Å²) in [5, 5.41) is 8.73. The standard InChI is InChI=1S/C11H13N3O3/c12-10(15)9-2-1-5-14(9)7-3-4-8(11(16)17)13-6-7/h3-4,6,9H,1-2,5H2,(H2,12,15)(H,16,17). The van der Waals surface area contributed by atoms with Crippen LogP contribution in [-0.4, -0.2) is 34.6 Å². The van der Waals surface area contributed by atoms with Crippen LogP contribution in [0.15, 0.2) is 18.3 Å². The van der Waals surface area contributed by atoms with E-state index in [0.29, 0.717) is 0 Å². The molecule has 17 heavy (non-hydrogen) atoms. The molecule has 1 aromatic rings. The summed E-state index contributed by atoms with van der Waals surface area (Å²) in [6.45, 7) is 0.738. The Morgan fingerprint density at radius 2 is 2.24 bits per heavy atom. The number of amides is 1. The van der Waals surface area contributed by atoms with E-state index in [-0.39, 0.29) is 17.6 Å². The molecule has 90 valence electrons. The van der Waals surface area contributed by atoms with Crippen LogP contribution < -0.4 is 10.6 Å². The van der Waals surface area contributed by atoms with Gasteiger partial charge < -0.3 is 15.7 Å². The highest BCUT2D eigenvalue weighted by molar-refractivity contribution is 5.86. The number of rotatable bonds is 3. The van der Waals surface area contributed by atoms with Crippen LogP contribution in [0.25, 0.3) is 0 Å². The number of aromatic nitrogens is 1. The lowest BCUT2D eigenvalue weighted by Gasteiger charge is -2.23. The van der Waals surface area contributed by atoms with Gasteiger partial charge in [-0.15, -0.1) is 0 Å². The first-order valence-electron chi connectivity index (χ1n) is 5.35. The van der Waals surface area contributed by atoms with Crippen LogP contribution in [0, 0.1) is 0 Å². The van der Waals surface area contributed by atoms with Crippen molar-refractivity contribution < 1.29 is 14.7 Å².